The van der Waals surface area contributed by atoms with Crippen molar-refractivity contribution in [2.75, 3.05) is 0 Å². The van der Waals surface area contributed by atoms with Crippen molar-refractivity contribution in [2.24, 2.45) is 0 Å². The Kier molecular flexibility index (Phi) is 2.61. The molecule has 2 aromatic rings. The van der Waals surface area contributed by atoms with E-state index in [0.717, 1.165) is 0 Å². The van der Waals surface area contributed by atoms with E-state index in [-0.39, 0.29) is 6.08 Å². The van der Waals surface area contributed by atoms with E-state index >= 15 is 0 Å². The lowest BCUT2D eigenvalue weighted by molar-refractivity contribution is 0.331. The minimum atomic E-state index is 0.0556. The summed E-state index contributed by atoms with van der Waals surface area (Å²) in [4.78, 5) is 3.66. The highest BCUT2D eigenvalue weighted by Gasteiger charge is 2.09. The Morgan fingerprint density at radius 3 is 2.57 bits per heavy atom. The van der Waals surface area contributed by atoms with Gasteiger partial charge in [-0.2, -0.15) is 4.98 Å². The summed E-state index contributed by atoms with van der Waals surface area (Å²) < 4.78 is 10.0. The van der Waals surface area contributed by atoms with Gasteiger partial charge in [0.1, 0.15) is 12.5 Å². The monoisotopic (exact) mass is 228 g/mol. The van der Waals surface area contributed by atoms with Gasteiger partial charge in [0.05, 0.1) is 10.0 Å². The molecule has 1 heterocycles. The summed E-state index contributed by atoms with van der Waals surface area (Å²) in [5.74, 6) is 0.326. The average molecular weight is 229 g/mol. The van der Waals surface area contributed by atoms with Gasteiger partial charge in [-0.3, -0.25) is 0 Å². The zero-order valence-electron chi connectivity index (χ0n) is 6.83. The fourth-order valence-corrected chi connectivity index (χ4v) is 1.37. The molecule has 71 valence electrons. The minimum absolute atomic E-state index is 0.0556. The van der Waals surface area contributed by atoms with Crippen molar-refractivity contribution < 1.29 is 9.15 Å². The molecule has 2 rings (SSSR count). The molecular weight excluding hydrogens is 225 g/mol. The van der Waals surface area contributed by atoms with Crippen molar-refractivity contribution >= 4 is 23.2 Å². The molecule has 0 bridgehead atoms. The molecule has 0 spiro atoms. The van der Waals surface area contributed by atoms with Crippen molar-refractivity contribution in [1.29, 1.82) is 0 Å². The molecule has 0 unspecified atom stereocenters. The number of ether oxygens (including phenoxy) is 1. The maximum atomic E-state index is 5.86. The highest BCUT2D eigenvalue weighted by molar-refractivity contribution is 6.37. The third kappa shape index (κ3) is 1.84. The number of rotatable bonds is 2. The first-order valence-electron chi connectivity index (χ1n) is 3.71. The van der Waals surface area contributed by atoms with Gasteiger partial charge in [-0.1, -0.05) is 29.3 Å². The summed E-state index contributed by atoms with van der Waals surface area (Å²) >= 11 is 11.7. The second-order valence-corrected chi connectivity index (χ2v) is 3.21. The molecule has 1 radical (unpaired) electrons. The highest BCUT2D eigenvalue weighted by atomic mass is 35.5. The number of para-hydroxylation sites is 1. The number of hydrogen-bond acceptors (Lipinski definition) is 3. The topological polar surface area (TPSA) is 35.3 Å². The van der Waals surface area contributed by atoms with Crippen molar-refractivity contribution in [1.82, 2.24) is 4.98 Å². The average Bonchev–Trinajstić information content (AvgIpc) is 2.64. The molecule has 5 heteroatoms. The Morgan fingerprint density at radius 2 is 2.00 bits per heavy atom. The van der Waals surface area contributed by atoms with Crippen LogP contribution in [-0.4, -0.2) is 4.98 Å². The zero-order chi connectivity index (χ0) is 9.97. The maximum absolute atomic E-state index is 5.86. The molecule has 1 aromatic carbocycles. The van der Waals surface area contributed by atoms with Crippen LogP contribution in [0.3, 0.4) is 0 Å². The van der Waals surface area contributed by atoms with Crippen LogP contribution in [0.25, 0.3) is 0 Å². The Labute approximate surface area is 90.2 Å². The van der Waals surface area contributed by atoms with E-state index in [0.29, 0.717) is 15.8 Å². The van der Waals surface area contributed by atoms with E-state index in [2.05, 4.69) is 11.2 Å². The Hall–Kier alpha value is -1.19. The van der Waals surface area contributed by atoms with Gasteiger partial charge in [0.2, 0.25) is 0 Å². The lowest BCUT2D eigenvalue weighted by atomic mass is 10.3. The quantitative estimate of drug-likeness (QED) is 0.789. The van der Waals surface area contributed by atoms with Gasteiger partial charge in [0, 0.05) is 0 Å². The van der Waals surface area contributed by atoms with Crippen LogP contribution >= 0.6 is 23.2 Å². The molecule has 1 aromatic heterocycles. The normalized spacial score (nSPS) is 10.1. The van der Waals surface area contributed by atoms with Crippen LogP contribution in [-0.2, 0) is 0 Å². The molecule has 0 N–H and O–H groups in total. The molecule has 0 fully saturated rings. The summed E-state index contributed by atoms with van der Waals surface area (Å²) in [7, 11) is 0. The van der Waals surface area contributed by atoms with Crippen LogP contribution in [0.1, 0.15) is 0 Å². The molecule has 0 amide bonds. The highest BCUT2D eigenvalue weighted by Crippen LogP contribution is 2.35. The van der Waals surface area contributed by atoms with Crippen molar-refractivity contribution in [3.05, 3.63) is 40.7 Å². The predicted molar refractivity (Wildman–Crippen MR) is 51.9 cm³/mol. The van der Waals surface area contributed by atoms with E-state index in [4.69, 9.17) is 32.4 Å². The first kappa shape index (κ1) is 9.37. The molecule has 0 aliphatic rings. The first-order chi connectivity index (χ1) is 6.77. The number of hydrogen-bond donors (Lipinski definition) is 0. The number of benzene rings is 1. The molecule has 0 atom stereocenters. The summed E-state index contributed by atoms with van der Waals surface area (Å²) in [5, 5.41) is 0.798. The molecule has 0 aliphatic heterocycles. The van der Waals surface area contributed by atoms with Crippen LogP contribution < -0.4 is 4.74 Å². The van der Waals surface area contributed by atoms with Gasteiger partial charge in [-0.15, -0.1) is 0 Å². The Morgan fingerprint density at radius 1 is 1.29 bits per heavy atom. The smallest absolute Gasteiger partial charge is 0.399 e. The number of oxazole rings is 1. The molecule has 0 saturated carbocycles. The molecule has 3 nitrogen and oxygen atoms in total. The second kappa shape index (κ2) is 3.90. The Bertz CT molecular complexity index is 408. The third-order valence-electron chi connectivity index (χ3n) is 1.48. The molecule has 0 aliphatic carbocycles. The number of aromatic nitrogens is 1. The summed E-state index contributed by atoms with van der Waals surface area (Å²) in [6.45, 7) is 0. The van der Waals surface area contributed by atoms with Crippen LogP contribution in [0.2, 0.25) is 10.0 Å². The van der Waals surface area contributed by atoms with Crippen molar-refractivity contribution in [2.45, 2.75) is 0 Å². The van der Waals surface area contributed by atoms with Gasteiger partial charge < -0.3 is 9.15 Å². The summed E-state index contributed by atoms with van der Waals surface area (Å²) in [5.41, 5.74) is 0. The van der Waals surface area contributed by atoms with Crippen LogP contribution in [0.4, 0.5) is 0 Å². The van der Waals surface area contributed by atoms with E-state index in [1.54, 1.807) is 18.2 Å². The largest absolute Gasteiger partial charge is 0.417 e. The van der Waals surface area contributed by atoms with Gasteiger partial charge in [0.15, 0.2) is 5.75 Å². The van der Waals surface area contributed by atoms with Gasteiger partial charge in [-0.25, -0.2) is 0 Å². The zero-order valence-corrected chi connectivity index (χ0v) is 8.34. The van der Waals surface area contributed by atoms with Crippen LogP contribution in [0.15, 0.2) is 28.9 Å². The molecule has 14 heavy (non-hydrogen) atoms. The first-order valence-corrected chi connectivity index (χ1v) is 4.46. The maximum Gasteiger partial charge on any atom is 0.399 e. The summed E-state index contributed by atoms with van der Waals surface area (Å²) in [6, 6.07) is 5.05. The number of nitrogens with zero attached hydrogens (tertiary/aromatic N) is 1. The van der Waals surface area contributed by atoms with Gasteiger partial charge >= 0.3 is 6.08 Å². The summed E-state index contributed by atoms with van der Waals surface area (Å²) in [6.07, 6.45) is 3.79. The lowest BCUT2D eigenvalue weighted by Gasteiger charge is -2.04. The predicted octanol–water partition coefficient (Wildman–Crippen LogP) is 3.57. The van der Waals surface area contributed by atoms with E-state index in [1.165, 1.54) is 6.26 Å². The van der Waals surface area contributed by atoms with Crippen LogP contribution in [0, 0.1) is 6.20 Å². The number of halogens is 2. The van der Waals surface area contributed by atoms with Crippen molar-refractivity contribution in [3.8, 4) is 11.8 Å². The van der Waals surface area contributed by atoms with Crippen molar-refractivity contribution in [3.63, 3.8) is 0 Å². The van der Waals surface area contributed by atoms with Crippen LogP contribution in [0.5, 0.6) is 11.8 Å². The standard InChI is InChI=1S/C9H4Cl2NO2/c10-6-2-1-3-7(11)8(6)14-9-12-4-5-13-9/h1-3,5H. The van der Waals surface area contributed by atoms with Gasteiger partial charge in [0.25, 0.3) is 0 Å². The lowest BCUT2D eigenvalue weighted by Crippen LogP contribution is -1.85. The SMILES string of the molecule is Clc1cccc(Cl)c1Oc1n[c]co1. The van der Waals surface area contributed by atoms with Gasteiger partial charge in [-0.05, 0) is 12.1 Å². The minimum Gasteiger partial charge on any atom is -0.417 e. The fourth-order valence-electron chi connectivity index (χ4n) is 0.896. The molecular formula is C9H4Cl2NO2. The fraction of sp³-hybridized carbons (Fsp3) is 0. The van der Waals surface area contributed by atoms with E-state index in [1.807, 2.05) is 0 Å². The Balaban J connectivity index is 2.33. The van der Waals surface area contributed by atoms with E-state index in [9.17, 15) is 0 Å². The second-order valence-electron chi connectivity index (χ2n) is 2.40. The third-order valence-corrected chi connectivity index (χ3v) is 2.07. The van der Waals surface area contributed by atoms with E-state index < -0.39 is 0 Å². The molecule has 0 saturated heterocycles.